The lowest BCUT2D eigenvalue weighted by Gasteiger charge is -2.33. The zero-order chi connectivity index (χ0) is 20.9. The van der Waals surface area contributed by atoms with Crippen LogP contribution in [0.2, 0.25) is 0 Å². The Morgan fingerprint density at radius 3 is 2.67 bits per heavy atom. The standard InChI is InChI=1S/C20H19N5O3S2/c1-13-5-6-15-14(11-13)12-17(21-15)20(26)24-7-9-25(10-8-24)30(27,28)18-4-2-3-16-19(18)23-29-22-16/h2-6,11-12,21H,7-10H2,1H3. The van der Waals surface area contributed by atoms with Crippen molar-refractivity contribution in [2.75, 3.05) is 26.2 Å². The first-order chi connectivity index (χ1) is 14.4. The van der Waals surface area contributed by atoms with Crippen molar-refractivity contribution in [3.63, 3.8) is 0 Å². The Labute approximate surface area is 177 Å². The third-order valence-electron chi connectivity index (χ3n) is 5.40. The molecule has 30 heavy (non-hydrogen) atoms. The molecule has 2 aromatic carbocycles. The number of amides is 1. The van der Waals surface area contributed by atoms with Crippen LogP contribution in [0.15, 0.2) is 47.4 Å². The van der Waals surface area contributed by atoms with E-state index in [1.807, 2.05) is 31.2 Å². The van der Waals surface area contributed by atoms with Gasteiger partial charge in [-0.15, -0.1) is 0 Å². The van der Waals surface area contributed by atoms with Crippen LogP contribution in [0.1, 0.15) is 16.1 Å². The first kappa shape index (κ1) is 19.2. The van der Waals surface area contributed by atoms with E-state index in [1.54, 1.807) is 23.1 Å². The normalized spacial score (nSPS) is 15.8. The Hall–Kier alpha value is -2.82. The summed E-state index contributed by atoms with van der Waals surface area (Å²) in [4.78, 5) is 18.0. The van der Waals surface area contributed by atoms with E-state index in [4.69, 9.17) is 0 Å². The Bertz CT molecular complexity index is 1370. The van der Waals surface area contributed by atoms with Gasteiger partial charge in [0.05, 0.1) is 11.7 Å². The smallest absolute Gasteiger partial charge is 0.270 e. The summed E-state index contributed by atoms with van der Waals surface area (Å²) in [5, 5.41) is 0.990. The molecule has 0 atom stereocenters. The van der Waals surface area contributed by atoms with Crippen LogP contribution in [-0.2, 0) is 10.0 Å². The predicted octanol–water partition coefficient (Wildman–Crippen LogP) is 2.63. The fraction of sp³-hybridized carbons (Fsp3) is 0.250. The van der Waals surface area contributed by atoms with Gasteiger partial charge in [0.1, 0.15) is 21.6 Å². The summed E-state index contributed by atoms with van der Waals surface area (Å²) in [5.41, 5.74) is 3.53. The summed E-state index contributed by atoms with van der Waals surface area (Å²) >= 11 is 0.995. The number of aromatic amines is 1. The number of hydrogen-bond acceptors (Lipinski definition) is 6. The second-order valence-electron chi connectivity index (χ2n) is 7.36. The number of aryl methyl sites for hydroxylation is 1. The Balaban J connectivity index is 1.34. The number of benzene rings is 2. The zero-order valence-corrected chi connectivity index (χ0v) is 17.8. The van der Waals surface area contributed by atoms with Crippen molar-refractivity contribution in [1.82, 2.24) is 22.9 Å². The highest BCUT2D eigenvalue weighted by atomic mass is 32.2. The zero-order valence-electron chi connectivity index (χ0n) is 16.2. The highest BCUT2D eigenvalue weighted by Crippen LogP contribution is 2.25. The Kier molecular flexibility index (Phi) is 4.57. The summed E-state index contributed by atoms with van der Waals surface area (Å²) in [7, 11) is -3.71. The summed E-state index contributed by atoms with van der Waals surface area (Å²) in [6.45, 7) is 3.15. The molecule has 4 aromatic rings. The van der Waals surface area contributed by atoms with Gasteiger partial charge in [-0.2, -0.15) is 13.1 Å². The lowest BCUT2D eigenvalue weighted by molar-refractivity contribution is 0.0693. The maximum atomic E-state index is 13.1. The summed E-state index contributed by atoms with van der Waals surface area (Å²) in [6, 6.07) is 12.8. The van der Waals surface area contributed by atoms with Crippen molar-refractivity contribution in [3.05, 3.63) is 53.7 Å². The highest BCUT2D eigenvalue weighted by molar-refractivity contribution is 7.89. The molecule has 1 aliphatic heterocycles. The second-order valence-corrected chi connectivity index (χ2v) is 9.79. The van der Waals surface area contributed by atoms with Gasteiger partial charge < -0.3 is 9.88 Å². The van der Waals surface area contributed by atoms with Crippen LogP contribution in [0.3, 0.4) is 0 Å². The molecule has 0 bridgehead atoms. The van der Waals surface area contributed by atoms with Crippen LogP contribution in [0.4, 0.5) is 0 Å². The van der Waals surface area contributed by atoms with Gasteiger partial charge in [-0.1, -0.05) is 17.7 Å². The molecule has 1 N–H and O–H groups in total. The number of rotatable bonds is 3. The molecule has 8 nitrogen and oxygen atoms in total. The third-order valence-corrected chi connectivity index (χ3v) is 7.87. The first-order valence-electron chi connectivity index (χ1n) is 9.53. The minimum Gasteiger partial charge on any atom is -0.351 e. The molecule has 0 saturated carbocycles. The van der Waals surface area contributed by atoms with Crippen LogP contribution in [0, 0.1) is 6.92 Å². The Morgan fingerprint density at radius 2 is 1.87 bits per heavy atom. The van der Waals surface area contributed by atoms with Crippen LogP contribution < -0.4 is 0 Å². The van der Waals surface area contributed by atoms with Crippen LogP contribution in [0.5, 0.6) is 0 Å². The maximum absolute atomic E-state index is 13.1. The first-order valence-corrected chi connectivity index (χ1v) is 11.7. The largest absolute Gasteiger partial charge is 0.351 e. The van der Waals surface area contributed by atoms with Crippen LogP contribution in [-0.4, -0.2) is 63.4 Å². The molecule has 1 saturated heterocycles. The number of piperazine rings is 1. The van der Waals surface area contributed by atoms with Crippen molar-refractivity contribution in [3.8, 4) is 0 Å². The van der Waals surface area contributed by atoms with Gasteiger partial charge in [-0.25, -0.2) is 8.42 Å². The number of aromatic nitrogens is 3. The number of hydrogen-bond donors (Lipinski definition) is 1. The van der Waals surface area contributed by atoms with E-state index in [-0.39, 0.29) is 23.9 Å². The monoisotopic (exact) mass is 441 g/mol. The third kappa shape index (κ3) is 3.17. The van der Waals surface area contributed by atoms with E-state index >= 15 is 0 Å². The van der Waals surface area contributed by atoms with E-state index in [1.165, 1.54) is 4.31 Å². The summed E-state index contributed by atoms with van der Waals surface area (Å²) < 4.78 is 36.0. The van der Waals surface area contributed by atoms with Crippen molar-refractivity contribution >= 4 is 49.6 Å². The molecule has 5 rings (SSSR count). The Morgan fingerprint density at radius 1 is 1.07 bits per heavy atom. The van der Waals surface area contributed by atoms with Crippen LogP contribution >= 0.6 is 11.7 Å². The van der Waals surface area contributed by atoms with E-state index in [2.05, 4.69) is 13.7 Å². The molecular weight excluding hydrogens is 422 g/mol. The molecule has 10 heteroatoms. The molecule has 1 fully saturated rings. The van der Waals surface area contributed by atoms with Gasteiger partial charge >= 0.3 is 0 Å². The molecule has 0 radical (unpaired) electrons. The van der Waals surface area contributed by atoms with E-state index in [0.717, 1.165) is 28.2 Å². The molecule has 1 amide bonds. The van der Waals surface area contributed by atoms with E-state index < -0.39 is 10.0 Å². The lowest BCUT2D eigenvalue weighted by atomic mass is 10.2. The van der Waals surface area contributed by atoms with Gasteiger partial charge in [0, 0.05) is 37.1 Å². The quantitative estimate of drug-likeness (QED) is 0.527. The fourth-order valence-electron chi connectivity index (χ4n) is 3.80. The number of fused-ring (bicyclic) bond motifs is 2. The highest BCUT2D eigenvalue weighted by Gasteiger charge is 2.32. The number of H-pyrrole nitrogens is 1. The van der Waals surface area contributed by atoms with Crippen molar-refractivity contribution in [2.45, 2.75) is 11.8 Å². The summed E-state index contributed by atoms with van der Waals surface area (Å²) in [6.07, 6.45) is 0. The van der Waals surface area contributed by atoms with Crippen molar-refractivity contribution in [1.29, 1.82) is 0 Å². The van der Waals surface area contributed by atoms with Gasteiger partial charge in [0.25, 0.3) is 5.91 Å². The van der Waals surface area contributed by atoms with Crippen molar-refractivity contribution in [2.24, 2.45) is 0 Å². The van der Waals surface area contributed by atoms with Gasteiger partial charge in [0.2, 0.25) is 10.0 Å². The summed E-state index contributed by atoms with van der Waals surface area (Å²) in [5.74, 6) is -0.119. The van der Waals surface area contributed by atoms with Gasteiger partial charge in [0.15, 0.2) is 0 Å². The fourth-order valence-corrected chi connectivity index (χ4v) is 5.97. The molecule has 2 aromatic heterocycles. The topological polar surface area (TPSA) is 99.3 Å². The van der Waals surface area contributed by atoms with Gasteiger partial charge in [-0.05, 0) is 37.3 Å². The second kappa shape index (κ2) is 7.15. The average Bonchev–Trinajstić information content (AvgIpc) is 3.39. The number of sulfonamides is 1. The SMILES string of the molecule is Cc1ccc2[nH]c(C(=O)N3CCN(S(=O)(=O)c4cccc5nsnc45)CC3)cc2c1. The van der Waals surface area contributed by atoms with Gasteiger partial charge in [-0.3, -0.25) is 4.79 Å². The van der Waals surface area contributed by atoms with E-state index in [9.17, 15) is 13.2 Å². The van der Waals surface area contributed by atoms with E-state index in [0.29, 0.717) is 29.8 Å². The number of carbonyl (C=O) groups excluding carboxylic acids is 1. The predicted molar refractivity (Wildman–Crippen MR) is 115 cm³/mol. The maximum Gasteiger partial charge on any atom is 0.270 e. The van der Waals surface area contributed by atoms with Crippen LogP contribution in [0.25, 0.3) is 21.9 Å². The number of nitrogens with zero attached hydrogens (tertiary/aromatic N) is 4. The lowest BCUT2D eigenvalue weighted by Crippen LogP contribution is -2.50. The molecule has 1 aliphatic rings. The molecule has 0 spiro atoms. The minimum atomic E-state index is -3.71. The molecular formula is C20H19N5O3S2. The van der Waals surface area contributed by atoms with Crippen molar-refractivity contribution < 1.29 is 13.2 Å². The molecule has 154 valence electrons. The molecule has 0 aliphatic carbocycles. The number of nitrogens with one attached hydrogen (secondary N) is 1. The molecule has 0 unspecified atom stereocenters. The minimum absolute atomic E-state index is 0.119. The molecule has 3 heterocycles. The average molecular weight is 442 g/mol. The number of carbonyl (C=O) groups is 1.